The van der Waals surface area contributed by atoms with Crippen LogP contribution in [0.25, 0.3) is 0 Å². The molecule has 3 rings (SSSR count). The van der Waals surface area contributed by atoms with Gasteiger partial charge >= 0.3 is 5.97 Å². The SMILES string of the molecule is Cc1c(C(=O)O)cnn1CC1COc2ccccc21. The van der Waals surface area contributed by atoms with Gasteiger partial charge in [-0.05, 0) is 13.0 Å². The van der Waals surface area contributed by atoms with Gasteiger partial charge in [-0.3, -0.25) is 4.68 Å². The fourth-order valence-corrected chi connectivity index (χ4v) is 2.43. The molecule has 0 aliphatic carbocycles. The molecule has 0 saturated heterocycles. The largest absolute Gasteiger partial charge is 0.493 e. The molecule has 2 aromatic rings. The summed E-state index contributed by atoms with van der Waals surface area (Å²) in [4.78, 5) is 11.0. The van der Waals surface area contributed by atoms with Crippen molar-refractivity contribution in [3.8, 4) is 5.75 Å². The Morgan fingerprint density at radius 3 is 3.05 bits per heavy atom. The van der Waals surface area contributed by atoms with Gasteiger partial charge in [0.05, 0.1) is 19.3 Å². The van der Waals surface area contributed by atoms with Crippen LogP contribution in [0.1, 0.15) is 27.5 Å². The molecule has 0 amide bonds. The summed E-state index contributed by atoms with van der Waals surface area (Å²) in [6, 6.07) is 7.93. The zero-order valence-corrected chi connectivity index (χ0v) is 10.5. The van der Waals surface area contributed by atoms with E-state index in [1.807, 2.05) is 24.3 Å². The van der Waals surface area contributed by atoms with Crippen LogP contribution in [0.5, 0.6) is 5.75 Å². The maximum Gasteiger partial charge on any atom is 0.339 e. The van der Waals surface area contributed by atoms with Gasteiger partial charge in [0.15, 0.2) is 0 Å². The van der Waals surface area contributed by atoms with Crippen molar-refractivity contribution in [2.75, 3.05) is 6.61 Å². The van der Waals surface area contributed by atoms with Gasteiger partial charge in [-0.2, -0.15) is 5.10 Å². The molecule has 1 aliphatic heterocycles. The van der Waals surface area contributed by atoms with Crippen molar-refractivity contribution in [3.05, 3.63) is 47.3 Å². The first kappa shape index (κ1) is 11.8. The van der Waals surface area contributed by atoms with E-state index >= 15 is 0 Å². The number of nitrogens with zero attached hydrogens (tertiary/aromatic N) is 2. The second-order valence-electron chi connectivity index (χ2n) is 4.68. The summed E-state index contributed by atoms with van der Waals surface area (Å²) in [5.41, 5.74) is 2.10. The maximum atomic E-state index is 11.0. The van der Waals surface area contributed by atoms with E-state index in [1.165, 1.54) is 6.20 Å². The molecule has 5 nitrogen and oxygen atoms in total. The lowest BCUT2D eigenvalue weighted by Crippen LogP contribution is -2.13. The van der Waals surface area contributed by atoms with Gasteiger partial charge in [0, 0.05) is 17.2 Å². The molecule has 1 atom stereocenters. The highest BCUT2D eigenvalue weighted by atomic mass is 16.5. The van der Waals surface area contributed by atoms with E-state index in [0.717, 1.165) is 11.3 Å². The predicted octanol–water partition coefficient (Wildman–Crippen LogP) is 2.07. The molecule has 0 bridgehead atoms. The number of fused-ring (bicyclic) bond motifs is 1. The molecule has 2 heterocycles. The topological polar surface area (TPSA) is 64.3 Å². The van der Waals surface area contributed by atoms with Crippen LogP contribution in [0.4, 0.5) is 0 Å². The number of hydrogen-bond acceptors (Lipinski definition) is 3. The molecule has 1 aliphatic rings. The Kier molecular flexibility index (Phi) is 2.74. The molecular weight excluding hydrogens is 244 g/mol. The average Bonchev–Trinajstić information content (AvgIpc) is 2.96. The van der Waals surface area contributed by atoms with Crippen LogP contribution < -0.4 is 4.74 Å². The molecule has 5 heteroatoms. The molecule has 0 spiro atoms. The van der Waals surface area contributed by atoms with E-state index < -0.39 is 5.97 Å². The number of aromatic nitrogens is 2. The first-order valence-corrected chi connectivity index (χ1v) is 6.14. The normalized spacial score (nSPS) is 17.0. The second kappa shape index (κ2) is 4.42. The van der Waals surface area contributed by atoms with Crippen LogP contribution in [0, 0.1) is 6.92 Å². The molecule has 1 N–H and O–H groups in total. The van der Waals surface area contributed by atoms with Gasteiger partial charge in [0.25, 0.3) is 0 Å². The van der Waals surface area contributed by atoms with Gasteiger partial charge < -0.3 is 9.84 Å². The first-order chi connectivity index (χ1) is 9.16. The van der Waals surface area contributed by atoms with Crippen LogP contribution in [0.2, 0.25) is 0 Å². The molecule has 19 heavy (non-hydrogen) atoms. The van der Waals surface area contributed by atoms with Gasteiger partial charge in [-0.25, -0.2) is 4.79 Å². The highest BCUT2D eigenvalue weighted by molar-refractivity contribution is 5.88. The Bertz CT molecular complexity index is 633. The van der Waals surface area contributed by atoms with Crippen LogP contribution in [0.15, 0.2) is 30.5 Å². The third-order valence-electron chi connectivity index (χ3n) is 3.53. The van der Waals surface area contributed by atoms with Crippen molar-refractivity contribution in [2.24, 2.45) is 0 Å². The van der Waals surface area contributed by atoms with E-state index in [0.29, 0.717) is 18.8 Å². The number of benzene rings is 1. The van der Waals surface area contributed by atoms with Crippen molar-refractivity contribution in [2.45, 2.75) is 19.4 Å². The summed E-state index contributed by atoms with van der Waals surface area (Å²) in [5, 5.41) is 13.2. The number of ether oxygens (including phenoxy) is 1. The summed E-state index contributed by atoms with van der Waals surface area (Å²) >= 11 is 0. The van der Waals surface area contributed by atoms with Crippen molar-refractivity contribution in [1.29, 1.82) is 0 Å². The van der Waals surface area contributed by atoms with Crippen LogP contribution >= 0.6 is 0 Å². The summed E-state index contributed by atoms with van der Waals surface area (Å²) < 4.78 is 7.36. The Balaban J connectivity index is 1.86. The standard InChI is InChI=1S/C14H14N2O3/c1-9-12(14(17)18)6-15-16(9)7-10-8-19-13-5-3-2-4-11(10)13/h2-6,10H,7-8H2,1H3,(H,17,18). The first-order valence-electron chi connectivity index (χ1n) is 6.14. The van der Waals surface area contributed by atoms with Crippen LogP contribution in [-0.2, 0) is 6.54 Å². The Morgan fingerprint density at radius 1 is 1.53 bits per heavy atom. The number of carboxylic acids is 1. The Morgan fingerprint density at radius 2 is 2.32 bits per heavy atom. The van der Waals surface area contributed by atoms with Gasteiger partial charge in [-0.1, -0.05) is 18.2 Å². The summed E-state index contributed by atoms with van der Waals surface area (Å²) in [7, 11) is 0. The summed E-state index contributed by atoms with van der Waals surface area (Å²) in [6.07, 6.45) is 1.40. The molecule has 1 aromatic heterocycles. The van der Waals surface area contributed by atoms with Crippen molar-refractivity contribution in [3.63, 3.8) is 0 Å². The quantitative estimate of drug-likeness (QED) is 0.915. The lowest BCUT2D eigenvalue weighted by Gasteiger charge is -2.10. The number of rotatable bonds is 3. The lowest BCUT2D eigenvalue weighted by molar-refractivity contribution is 0.0696. The molecule has 1 aromatic carbocycles. The minimum Gasteiger partial charge on any atom is -0.493 e. The highest BCUT2D eigenvalue weighted by Gasteiger charge is 2.25. The predicted molar refractivity (Wildman–Crippen MR) is 68.6 cm³/mol. The van der Waals surface area contributed by atoms with E-state index in [4.69, 9.17) is 9.84 Å². The Hall–Kier alpha value is -2.30. The zero-order chi connectivity index (χ0) is 13.4. The summed E-state index contributed by atoms with van der Waals surface area (Å²) in [6.45, 7) is 3.02. The van der Waals surface area contributed by atoms with Gasteiger partial charge in [0.1, 0.15) is 11.3 Å². The van der Waals surface area contributed by atoms with Crippen LogP contribution in [0.3, 0.4) is 0 Å². The van der Waals surface area contributed by atoms with Crippen molar-refractivity contribution in [1.82, 2.24) is 9.78 Å². The lowest BCUT2D eigenvalue weighted by atomic mass is 10.0. The smallest absolute Gasteiger partial charge is 0.339 e. The number of carboxylic acid groups (broad SMARTS) is 1. The molecular formula is C14H14N2O3. The fourth-order valence-electron chi connectivity index (χ4n) is 2.43. The second-order valence-corrected chi connectivity index (χ2v) is 4.68. The van der Waals surface area contributed by atoms with E-state index in [1.54, 1.807) is 11.6 Å². The average molecular weight is 258 g/mol. The number of hydrogen-bond donors (Lipinski definition) is 1. The van der Waals surface area contributed by atoms with E-state index in [2.05, 4.69) is 5.10 Å². The third-order valence-corrected chi connectivity index (χ3v) is 3.53. The minimum absolute atomic E-state index is 0.219. The fraction of sp³-hybridized carbons (Fsp3) is 0.286. The maximum absolute atomic E-state index is 11.0. The van der Waals surface area contributed by atoms with Crippen molar-refractivity contribution >= 4 is 5.97 Å². The molecule has 0 saturated carbocycles. The van der Waals surface area contributed by atoms with Crippen molar-refractivity contribution < 1.29 is 14.6 Å². The zero-order valence-electron chi connectivity index (χ0n) is 10.5. The van der Waals surface area contributed by atoms with Gasteiger partial charge in [-0.15, -0.1) is 0 Å². The summed E-state index contributed by atoms with van der Waals surface area (Å²) in [5.74, 6) is 0.194. The monoisotopic (exact) mass is 258 g/mol. The molecule has 1 unspecified atom stereocenters. The van der Waals surface area contributed by atoms with Gasteiger partial charge in [0.2, 0.25) is 0 Å². The van der Waals surface area contributed by atoms with Crippen LogP contribution in [-0.4, -0.2) is 27.5 Å². The molecule has 0 radical (unpaired) electrons. The minimum atomic E-state index is -0.938. The number of carbonyl (C=O) groups is 1. The molecule has 0 fully saturated rings. The van der Waals surface area contributed by atoms with E-state index in [-0.39, 0.29) is 11.5 Å². The van der Waals surface area contributed by atoms with E-state index in [9.17, 15) is 4.79 Å². The molecule has 98 valence electrons. The number of aromatic carboxylic acids is 1. The Labute approximate surface area is 110 Å². The third kappa shape index (κ3) is 1.97. The highest BCUT2D eigenvalue weighted by Crippen LogP contribution is 2.34. The number of para-hydroxylation sites is 1.